The summed E-state index contributed by atoms with van der Waals surface area (Å²) < 4.78 is 58.9. The van der Waals surface area contributed by atoms with E-state index in [0.29, 0.717) is 38.7 Å². The lowest BCUT2D eigenvalue weighted by Gasteiger charge is -2.36. The van der Waals surface area contributed by atoms with Crippen molar-refractivity contribution in [2.75, 3.05) is 45.1 Å². The Bertz CT molecular complexity index is 801. The number of aliphatic imine (C=N–C) groups is 1. The van der Waals surface area contributed by atoms with Crippen LogP contribution < -0.4 is 5.32 Å². The molecule has 1 N–H and O–H groups in total. The van der Waals surface area contributed by atoms with Gasteiger partial charge in [0.05, 0.1) is 25.0 Å². The van der Waals surface area contributed by atoms with Crippen molar-refractivity contribution >= 4 is 40.0 Å². The highest BCUT2D eigenvalue weighted by molar-refractivity contribution is 14.0. The highest BCUT2D eigenvalue weighted by Crippen LogP contribution is 2.12. The first-order valence-corrected chi connectivity index (χ1v) is 11.4. The lowest BCUT2D eigenvalue weighted by molar-refractivity contribution is 0.0904. The van der Waals surface area contributed by atoms with E-state index in [1.54, 1.807) is 0 Å². The molecule has 0 unspecified atom stereocenters. The van der Waals surface area contributed by atoms with E-state index in [9.17, 15) is 17.2 Å². The van der Waals surface area contributed by atoms with Crippen molar-refractivity contribution in [3.63, 3.8) is 0 Å². The molecule has 1 heterocycles. The fraction of sp³-hybridized carbons (Fsp3) is 0.632. The zero-order valence-electron chi connectivity index (χ0n) is 17.6. The molecular weight excluding hydrogens is 529 g/mol. The number of piperazine rings is 1. The van der Waals surface area contributed by atoms with Crippen molar-refractivity contribution in [2.24, 2.45) is 4.99 Å². The van der Waals surface area contributed by atoms with Gasteiger partial charge in [0, 0.05) is 38.3 Å². The molecule has 0 radical (unpaired) electrons. The number of guanidine groups is 1. The minimum Gasteiger partial charge on any atom is -0.378 e. The molecule has 1 fully saturated rings. The summed E-state index contributed by atoms with van der Waals surface area (Å²) >= 11 is 0. The Hall–Kier alpha value is -1.05. The van der Waals surface area contributed by atoms with Crippen LogP contribution in [-0.4, -0.2) is 74.8 Å². The van der Waals surface area contributed by atoms with Crippen LogP contribution in [0.4, 0.5) is 8.78 Å². The fourth-order valence-corrected chi connectivity index (χ4v) is 4.23. The van der Waals surface area contributed by atoms with Gasteiger partial charge >= 0.3 is 0 Å². The molecule has 7 nitrogen and oxygen atoms in total. The summed E-state index contributed by atoms with van der Waals surface area (Å²) in [5, 5.41) is 3.13. The Morgan fingerprint density at radius 2 is 1.90 bits per heavy atom. The first kappa shape index (κ1) is 27.0. The fourth-order valence-electron chi connectivity index (χ4n) is 2.95. The molecule has 0 saturated carbocycles. The zero-order chi connectivity index (χ0) is 21.4. The number of hydrogen-bond acceptors (Lipinski definition) is 4. The maximum atomic E-state index is 13.8. The predicted molar refractivity (Wildman–Crippen MR) is 125 cm³/mol. The molecule has 11 heteroatoms. The molecule has 1 aromatic rings. The van der Waals surface area contributed by atoms with E-state index in [4.69, 9.17) is 4.74 Å². The van der Waals surface area contributed by atoms with Crippen LogP contribution in [0.25, 0.3) is 0 Å². The van der Waals surface area contributed by atoms with Gasteiger partial charge in [0.25, 0.3) is 0 Å². The second-order valence-electron chi connectivity index (χ2n) is 7.03. The van der Waals surface area contributed by atoms with Gasteiger partial charge in [0.1, 0.15) is 11.6 Å². The second-order valence-corrected chi connectivity index (χ2v) is 9.12. The molecule has 2 rings (SSSR count). The van der Waals surface area contributed by atoms with Crippen molar-refractivity contribution in [3.8, 4) is 0 Å². The molecule has 0 bridgehead atoms. The molecule has 0 aromatic heterocycles. The largest absolute Gasteiger partial charge is 0.378 e. The van der Waals surface area contributed by atoms with Crippen LogP contribution in [0.15, 0.2) is 23.2 Å². The van der Waals surface area contributed by atoms with Gasteiger partial charge in [-0.15, -0.1) is 24.0 Å². The number of nitrogens with zero attached hydrogens (tertiary/aromatic N) is 3. The molecule has 0 atom stereocenters. The highest BCUT2D eigenvalue weighted by Gasteiger charge is 2.28. The topological polar surface area (TPSA) is 74.2 Å². The Kier molecular flexibility index (Phi) is 11.4. The molecule has 1 aliphatic heterocycles. The minimum absolute atomic E-state index is 0. The Morgan fingerprint density at radius 1 is 1.23 bits per heavy atom. The van der Waals surface area contributed by atoms with Crippen molar-refractivity contribution < 1.29 is 21.9 Å². The van der Waals surface area contributed by atoms with Crippen molar-refractivity contribution in [3.05, 3.63) is 35.4 Å². The van der Waals surface area contributed by atoms with E-state index in [1.165, 1.54) is 4.31 Å². The number of halogens is 3. The van der Waals surface area contributed by atoms with Crippen LogP contribution in [0.1, 0.15) is 26.3 Å². The smallest absolute Gasteiger partial charge is 0.216 e. The lowest BCUT2D eigenvalue weighted by Crippen LogP contribution is -2.54. The first-order chi connectivity index (χ1) is 13.7. The summed E-state index contributed by atoms with van der Waals surface area (Å²) in [7, 11) is -3.38. The molecule has 0 amide bonds. The zero-order valence-corrected chi connectivity index (χ0v) is 20.8. The third-order valence-electron chi connectivity index (χ3n) is 4.47. The predicted octanol–water partition coefficient (Wildman–Crippen LogP) is 2.42. The molecule has 1 aromatic carbocycles. The standard InChI is InChI=1S/C19H30F2N4O3S.HI/c1-4-22-19(23-14-16-13-17(20)5-6-18(16)21)24-7-9-25(10-8-24)29(26,27)12-11-28-15(2)3;/h5-6,13,15H,4,7-12,14H2,1-3H3,(H,22,23);1H. The van der Waals surface area contributed by atoms with Crippen LogP contribution in [0.5, 0.6) is 0 Å². The van der Waals surface area contributed by atoms with E-state index in [-0.39, 0.29) is 54.5 Å². The Labute approximate surface area is 194 Å². The minimum atomic E-state index is -3.38. The normalized spacial score (nSPS) is 15.9. The summed E-state index contributed by atoms with van der Waals surface area (Å²) in [6, 6.07) is 3.28. The van der Waals surface area contributed by atoms with Crippen LogP contribution >= 0.6 is 24.0 Å². The summed E-state index contributed by atoms with van der Waals surface area (Å²) in [6.07, 6.45) is -0.0103. The van der Waals surface area contributed by atoms with Gasteiger partial charge < -0.3 is 15.0 Å². The van der Waals surface area contributed by atoms with E-state index >= 15 is 0 Å². The van der Waals surface area contributed by atoms with E-state index in [0.717, 1.165) is 18.2 Å². The van der Waals surface area contributed by atoms with Gasteiger partial charge in [0.15, 0.2) is 5.96 Å². The third kappa shape index (κ3) is 8.23. The van der Waals surface area contributed by atoms with Crippen LogP contribution in [0.3, 0.4) is 0 Å². The monoisotopic (exact) mass is 560 g/mol. The van der Waals surface area contributed by atoms with Crippen molar-refractivity contribution in [1.82, 2.24) is 14.5 Å². The van der Waals surface area contributed by atoms with E-state index in [1.807, 2.05) is 25.7 Å². The highest BCUT2D eigenvalue weighted by atomic mass is 127. The van der Waals surface area contributed by atoms with E-state index < -0.39 is 21.7 Å². The molecule has 172 valence electrons. The number of ether oxygens (including phenoxy) is 1. The number of hydrogen-bond donors (Lipinski definition) is 1. The van der Waals surface area contributed by atoms with Crippen LogP contribution in [0.2, 0.25) is 0 Å². The summed E-state index contributed by atoms with van der Waals surface area (Å²) in [6.45, 7) is 8.00. The summed E-state index contributed by atoms with van der Waals surface area (Å²) in [5.74, 6) is -0.512. The first-order valence-electron chi connectivity index (χ1n) is 9.79. The number of sulfonamides is 1. The van der Waals surface area contributed by atoms with Crippen LogP contribution in [-0.2, 0) is 21.3 Å². The average molecular weight is 560 g/mol. The SMILES string of the molecule is CCNC(=NCc1cc(F)ccc1F)N1CCN(S(=O)(=O)CCOC(C)C)CC1.I. The average Bonchev–Trinajstić information content (AvgIpc) is 2.67. The van der Waals surface area contributed by atoms with Gasteiger partial charge in [-0.2, -0.15) is 4.31 Å². The Morgan fingerprint density at radius 3 is 2.50 bits per heavy atom. The van der Waals surface area contributed by atoms with Gasteiger partial charge in [-0.3, -0.25) is 0 Å². The lowest BCUT2D eigenvalue weighted by atomic mass is 10.2. The number of nitrogens with one attached hydrogen (secondary N) is 1. The van der Waals surface area contributed by atoms with E-state index in [2.05, 4.69) is 10.3 Å². The molecule has 0 spiro atoms. The summed E-state index contributed by atoms with van der Waals surface area (Å²) in [4.78, 5) is 6.33. The maximum absolute atomic E-state index is 13.8. The van der Waals surface area contributed by atoms with Crippen molar-refractivity contribution in [1.29, 1.82) is 0 Å². The molecule has 1 aliphatic rings. The maximum Gasteiger partial charge on any atom is 0.216 e. The van der Waals surface area contributed by atoms with Crippen LogP contribution in [0, 0.1) is 11.6 Å². The second kappa shape index (κ2) is 12.7. The van der Waals surface area contributed by atoms with Crippen molar-refractivity contribution in [2.45, 2.75) is 33.4 Å². The van der Waals surface area contributed by atoms with Gasteiger partial charge in [-0.25, -0.2) is 22.2 Å². The molecule has 30 heavy (non-hydrogen) atoms. The number of benzene rings is 1. The molecule has 0 aliphatic carbocycles. The number of rotatable bonds is 8. The molecular formula is C19H31F2IN4O3S. The molecule has 1 saturated heterocycles. The van der Waals surface area contributed by atoms with Gasteiger partial charge in [-0.1, -0.05) is 0 Å². The quantitative estimate of drug-likeness (QED) is 0.301. The van der Waals surface area contributed by atoms with Gasteiger partial charge in [0.2, 0.25) is 10.0 Å². The van der Waals surface area contributed by atoms with Gasteiger partial charge in [-0.05, 0) is 39.0 Å². The third-order valence-corrected chi connectivity index (χ3v) is 6.30. The summed E-state index contributed by atoms with van der Waals surface area (Å²) in [5.41, 5.74) is 0.173. The Balaban J connectivity index is 0.00000450.